The van der Waals surface area contributed by atoms with E-state index in [-0.39, 0.29) is 11.4 Å². The number of rotatable bonds is 1. The van der Waals surface area contributed by atoms with Gasteiger partial charge in [0, 0.05) is 35.9 Å². The fourth-order valence-corrected chi connectivity index (χ4v) is 5.36. The highest BCUT2D eigenvalue weighted by atomic mass is 35.5. The number of para-hydroxylation sites is 1. The maximum Gasteiger partial charge on any atom is 0.332 e. The SMILES string of the molecule is Cc1nn(-c2ccccc2)c2c1C1(C(=O)Nc3ccc(Cl)cc31)c1c(n(C)c(=O)n(C)c1=O)N2. The Labute approximate surface area is 198 Å². The van der Waals surface area contributed by atoms with Crippen LogP contribution in [0.25, 0.3) is 5.69 Å². The molecule has 0 bridgehead atoms. The van der Waals surface area contributed by atoms with Gasteiger partial charge in [0.05, 0.1) is 16.9 Å². The molecular formula is C24H19ClN6O3. The standard InChI is InChI=1S/C24H19ClN6O3/c1-12-17-20(31(28-12)14-7-5-4-6-8-14)27-19-18(21(32)30(3)23(34)29(19)2)24(17)15-11-13(25)9-10-16(15)26-22(24)33/h4-11,27H,1-3H3,(H,26,33). The molecular weight excluding hydrogens is 456 g/mol. The number of halogens is 1. The van der Waals surface area contributed by atoms with Gasteiger partial charge in [-0.25, -0.2) is 9.48 Å². The molecule has 9 nitrogen and oxygen atoms in total. The van der Waals surface area contributed by atoms with Crippen molar-refractivity contribution >= 4 is 34.8 Å². The molecule has 34 heavy (non-hydrogen) atoms. The van der Waals surface area contributed by atoms with Crippen LogP contribution in [0, 0.1) is 6.92 Å². The highest BCUT2D eigenvalue weighted by Crippen LogP contribution is 2.55. The summed E-state index contributed by atoms with van der Waals surface area (Å²) in [5.41, 5.74) is 0.488. The second-order valence-corrected chi connectivity index (χ2v) is 8.94. The van der Waals surface area contributed by atoms with Crippen LogP contribution < -0.4 is 21.9 Å². The quantitative estimate of drug-likeness (QED) is 0.441. The summed E-state index contributed by atoms with van der Waals surface area (Å²) in [6.07, 6.45) is 0. The van der Waals surface area contributed by atoms with E-state index < -0.39 is 22.6 Å². The van der Waals surface area contributed by atoms with E-state index in [1.807, 2.05) is 30.3 Å². The molecule has 2 aliphatic heterocycles. The van der Waals surface area contributed by atoms with Crippen molar-refractivity contribution in [2.24, 2.45) is 14.1 Å². The zero-order valence-corrected chi connectivity index (χ0v) is 19.3. The van der Waals surface area contributed by atoms with Crippen LogP contribution in [-0.2, 0) is 24.3 Å². The second kappa shape index (κ2) is 6.71. The number of hydrogen-bond donors (Lipinski definition) is 2. The molecule has 0 saturated heterocycles. The van der Waals surface area contributed by atoms with Crippen molar-refractivity contribution in [3.8, 4) is 5.69 Å². The zero-order valence-electron chi connectivity index (χ0n) is 18.5. The van der Waals surface area contributed by atoms with E-state index in [1.54, 1.807) is 36.9 Å². The van der Waals surface area contributed by atoms with Crippen LogP contribution >= 0.6 is 11.6 Å². The lowest BCUT2D eigenvalue weighted by Gasteiger charge is -2.35. The summed E-state index contributed by atoms with van der Waals surface area (Å²) >= 11 is 6.38. The van der Waals surface area contributed by atoms with Crippen molar-refractivity contribution < 1.29 is 4.79 Å². The topological polar surface area (TPSA) is 103 Å². The molecule has 2 aromatic heterocycles. The van der Waals surface area contributed by atoms with Gasteiger partial charge >= 0.3 is 5.69 Å². The molecule has 0 saturated carbocycles. The van der Waals surface area contributed by atoms with Crippen molar-refractivity contribution in [1.29, 1.82) is 0 Å². The lowest BCUT2D eigenvalue weighted by atomic mass is 9.68. The van der Waals surface area contributed by atoms with Crippen LogP contribution in [-0.4, -0.2) is 24.8 Å². The summed E-state index contributed by atoms with van der Waals surface area (Å²) in [7, 11) is 2.97. The van der Waals surface area contributed by atoms with Gasteiger partial charge in [-0.2, -0.15) is 5.10 Å². The maximum absolute atomic E-state index is 13.9. The normalized spacial score (nSPS) is 17.7. The number of carbonyl (C=O) groups is 1. The lowest BCUT2D eigenvalue weighted by Crippen LogP contribution is -2.50. The molecule has 1 atom stereocenters. The zero-order chi connectivity index (χ0) is 23.9. The van der Waals surface area contributed by atoms with Crippen LogP contribution in [0.3, 0.4) is 0 Å². The van der Waals surface area contributed by atoms with Crippen LogP contribution in [0.15, 0.2) is 58.1 Å². The Bertz CT molecular complexity index is 1670. The highest BCUT2D eigenvalue weighted by molar-refractivity contribution is 6.31. The fourth-order valence-electron chi connectivity index (χ4n) is 5.18. The summed E-state index contributed by atoms with van der Waals surface area (Å²) in [5.74, 6) is 0.336. The van der Waals surface area contributed by atoms with Gasteiger partial charge in [-0.3, -0.25) is 18.7 Å². The minimum absolute atomic E-state index is 0.152. The van der Waals surface area contributed by atoms with E-state index in [9.17, 15) is 14.4 Å². The number of hydrogen-bond acceptors (Lipinski definition) is 5. The third-order valence-electron chi connectivity index (χ3n) is 6.69. The number of nitrogens with zero attached hydrogens (tertiary/aromatic N) is 4. The Morgan fingerprint density at radius 1 is 0.912 bits per heavy atom. The van der Waals surface area contributed by atoms with Gasteiger partial charge in [-0.1, -0.05) is 29.8 Å². The molecule has 4 aromatic rings. The van der Waals surface area contributed by atoms with E-state index in [1.165, 1.54) is 11.6 Å². The number of benzene rings is 2. The summed E-state index contributed by atoms with van der Waals surface area (Å²) in [6.45, 7) is 1.80. The molecule has 2 aromatic carbocycles. The number of amides is 1. The highest BCUT2D eigenvalue weighted by Gasteiger charge is 2.58. The number of fused-ring (bicyclic) bond motifs is 6. The first-order valence-electron chi connectivity index (χ1n) is 10.6. The molecule has 10 heteroatoms. The second-order valence-electron chi connectivity index (χ2n) is 8.50. The molecule has 2 aliphatic rings. The minimum Gasteiger partial charge on any atom is -0.325 e. The van der Waals surface area contributed by atoms with Gasteiger partial charge in [-0.15, -0.1) is 0 Å². The molecule has 2 N–H and O–H groups in total. The van der Waals surface area contributed by atoms with Crippen LogP contribution in [0.1, 0.15) is 22.4 Å². The third kappa shape index (κ3) is 2.34. The largest absolute Gasteiger partial charge is 0.332 e. The summed E-state index contributed by atoms with van der Waals surface area (Å²) in [5, 5.41) is 11.4. The molecule has 0 aliphatic carbocycles. The van der Waals surface area contributed by atoms with E-state index in [0.29, 0.717) is 33.3 Å². The predicted molar refractivity (Wildman–Crippen MR) is 128 cm³/mol. The van der Waals surface area contributed by atoms with Crippen molar-refractivity contribution in [3.05, 3.63) is 96.8 Å². The fraction of sp³-hybridized carbons (Fsp3) is 0.167. The van der Waals surface area contributed by atoms with Crippen molar-refractivity contribution in [2.45, 2.75) is 12.3 Å². The summed E-state index contributed by atoms with van der Waals surface area (Å²) < 4.78 is 4.04. The Kier molecular flexibility index (Phi) is 4.04. The lowest BCUT2D eigenvalue weighted by molar-refractivity contribution is -0.118. The van der Waals surface area contributed by atoms with Gasteiger partial charge in [0.1, 0.15) is 17.1 Å². The summed E-state index contributed by atoms with van der Waals surface area (Å²) in [6, 6.07) is 14.5. The Morgan fingerprint density at radius 2 is 1.65 bits per heavy atom. The number of anilines is 3. The molecule has 1 amide bonds. The van der Waals surface area contributed by atoms with Crippen molar-refractivity contribution in [3.63, 3.8) is 0 Å². The van der Waals surface area contributed by atoms with Crippen LogP contribution in [0.4, 0.5) is 17.3 Å². The molecule has 170 valence electrons. The van der Waals surface area contributed by atoms with E-state index in [2.05, 4.69) is 10.6 Å². The first-order valence-corrected chi connectivity index (χ1v) is 11.0. The first kappa shape index (κ1) is 20.5. The molecule has 6 rings (SSSR count). The van der Waals surface area contributed by atoms with Crippen LogP contribution in [0.2, 0.25) is 5.02 Å². The third-order valence-corrected chi connectivity index (χ3v) is 6.92. The molecule has 1 unspecified atom stereocenters. The van der Waals surface area contributed by atoms with E-state index in [0.717, 1.165) is 10.3 Å². The average molecular weight is 475 g/mol. The molecule has 4 heterocycles. The Balaban J connectivity index is 1.84. The van der Waals surface area contributed by atoms with E-state index >= 15 is 0 Å². The number of carbonyl (C=O) groups excluding carboxylic acids is 1. The van der Waals surface area contributed by atoms with Gasteiger partial charge in [0.2, 0.25) is 5.91 Å². The van der Waals surface area contributed by atoms with Gasteiger partial charge in [0.15, 0.2) is 0 Å². The van der Waals surface area contributed by atoms with Gasteiger partial charge in [-0.05, 0) is 37.3 Å². The predicted octanol–water partition coefficient (Wildman–Crippen LogP) is 2.58. The molecule has 0 fully saturated rings. The smallest absolute Gasteiger partial charge is 0.325 e. The number of aryl methyl sites for hydroxylation is 1. The van der Waals surface area contributed by atoms with Crippen LogP contribution in [0.5, 0.6) is 0 Å². The number of aromatic nitrogens is 4. The Morgan fingerprint density at radius 3 is 2.38 bits per heavy atom. The van der Waals surface area contributed by atoms with Crippen molar-refractivity contribution in [1.82, 2.24) is 18.9 Å². The van der Waals surface area contributed by atoms with E-state index in [4.69, 9.17) is 16.7 Å². The monoisotopic (exact) mass is 474 g/mol. The average Bonchev–Trinajstić information content (AvgIpc) is 3.31. The Hall–Kier alpha value is -4.11. The van der Waals surface area contributed by atoms with Gasteiger partial charge < -0.3 is 10.6 Å². The van der Waals surface area contributed by atoms with Crippen molar-refractivity contribution in [2.75, 3.05) is 10.6 Å². The number of nitrogens with one attached hydrogen (secondary N) is 2. The summed E-state index contributed by atoms with van der Waals surface area (Å²) in [4.78, 5) is 40.5. The molecule has 1 spiro atoms. The maximum atomic E-state index is 13.9. The molecule has 0 radical (unpaired) electrons. The first-order chi connectivity index (χ1) is 16.3. The van der Waals surface area contributed by atoms with Gasteiger partial charge in [0.25, 0.3) is 5.56 Å². The minimum atomic E-state index is -1.55.